The Balaban J connectivity index is 2.91. The highest BCUT2D eigenvalue weighted by molar-refractivity contribution is 6.35. The van der Waals surface area contributed by atoms with Crippen LogP contribution in [0.15, 0.2) is 6.20 Å². The van der Waals surface area contributed by atoms with E-state index in [1.807, 2.05) is 0 Å². The van der Waals surface area contributed by atoms with Crippen molar-refractivity contribution < 1.29 is 0 Å². The Kier molecular flexibility index (Phi) is 1.44. The first-order chi connectivity index (χ1) is 5.27. The predicted octanol–water partition coefficient (Wildman–Crippen LogP) is 1.66. The summed E-state index contributed by atoms with van der Waals surface area (Å²) < 4.78 is 0. The highest BCUT2D eigenvalue weighted by Crippen LogP contribution is 2.18. The summed E-state index contributed by atoms with van der Waals surface area (Å²) in [5.74, 6) is 0. The van der Waals surface area contributed by atoms with E-state index >= 15 is 0 Å². The number of aromatic amines is 1. The molecule has 2 aromatic rings. The standard InChI is InChI=1S/C5H2Cl2N4/c6-4-3-2(1-8-11-3)9-5(7)10-4/h1H,(H,8,11). The third-order valence-corrected chi connectivity index (χ3v) is 1.67. The lowest BCUT2D eigenvalue weighted by molar-refractivity contribution is 1.11. The van der Waals surface area contributed by atoms with Gasteiger partial charge in [0.05, 0.1) is 6.20 Å². The first kappa shape index (κ1) is 6.82. The molecule has 0 atom stereocenters. The molecular weight excluding hydrogens is 187 g/mol. The van der Waals surface area contributed by atoms with E-state index in [9.17, 15) is 0 Å². The van der Waals surface area contributed by atoms with Gasteiger partial charge < -0.3 is 0 Å². The average molecular weight is 189 g/mol. The van der Waals surface area contributed by atoms with Crippen molar-refractivity contribution in [1.82, 2.24) is 20.2 Å². The quantitative estimate of drug-likeness (QED) is 0.506. The van der Waals surface area contributed by atoms with Gasteiger partial charge in [-0.05, 0) is 11.6 Å². The second-order valence-electron chi connectivity index (χ2n) is 1.91. The van der Waals surface area contributed by atoms with Crippen LogP contribution in [0.3, 0.4) is 0 Å². The summed E-state index contributed by atoms with van der Waals surface area (Å²) in [6, 6.07) is 0. The van der Waals surface area contributed by atoms with Crippen LogP contribution in [0.25, 0.3) is 11.0 Å². The van der Waals surface area contributed by atoms with Gasteiger partial charge in [-0.1, -0.05) is 11.6 Å². The number of aromatic nitrogens is 4. The Morgan fingerprint density at radius 2 is 2.09 bits per heavy atom. The van der Waals surface area contributed by atoms with Crippen LogP contribution in [0.4, 0.5) is 0 Å². The number of halogens is 2. The molecule has 4 nitrogen and oxygen atoms in total. The van der Waals surface area contributed by atoms with Gasteiger partial charge in [0.2, 0.25) is 5.28 Å². The van der Waals surface area contributed by atoms with Gasteiger partial charge in [0.25, 0.3) is 0 Å². The summed E-state index contributed by atoms with van der Waals surface area (Å²) in [5, 5.41) is 6.80. The fourth-order valence-electron chi connectivity index (χ4n) is 0.778. The van der Waals surface area contributed by atoms with Crippen molar-refractivity contribution in [2.75, 3.05) is 0 Å². The topological polar surface area (TPSA) is 54.5 Å². The number of H-pyrrole nitrogens is 1. The van der Waals surface area contributed by atoms with Crippen molar-refractivity contribution in [3.63, 3.8) is 0 Å². The lowest BCUT2D eigenvalue weighted by atomic mass is 10.5. The minimum atomic E-state index is 0.129. The number of nitrogens with zero attached hydrogens (tertiary/aromatic N) is 3. The number of fused-ring (bicyclic) bond motifs is 1. The monoisotopic (exact) mass is 188 g/mol. The molecule has 0 unspecified atom stereocenters. The minimum Gasteiger partial charge on any atom is -0.273 e. The molecule has 0 aliphatic rings. The SMILES string of the molecule is Clc1nc(Cl)c2[nH]ncc2n1. The Morgan fingerprint density at radius 3 is 2.91 bits per heavy atom. The van der Waals surface area contributed by atoms with E-state index in [0.717, 1.165) is 0 Å². The van der Waals surface area contributed by atoms with Crippen LogP contribution in [0.1, 0.15) is 0 Å². The predicted molar refractivity (Wildman–Crippen MR) is 41.7 cm³/mol. The van der Waals surface area contributed by atoms with Crippen LogP contribution in [-0.2, 0) is 0 Å². The maximum Gasteiger partial charge on any atom is 0.224 e. The summed E-state index contributed by atoms with van der Waals surface area (Å²) in [7, 11) is 0. The molecule has 0 aromatic carbocycles. The molecule has 1 N–H and O–H groups in total. The molecule has 2 aromatic heterocycles. The number of nitrogens with one attached hydrogen (secondary N) is 1. The summed E-state index contributed by atoms with van der Waals surface area (Å²) in [4.78, 5) is 7.60. The number of hydrogen-bond donors (Lipinski definition) is 1. The van der Waals surface area contributed by atoms with Crippen molar-refractivity contribution in [3.05, 3.63) is 16.6 Å². The number of rotatable bonds is 0. The van der Waals surface area contributed by atoms with Gasteiger partial charge in [0, 0.05) is 0 Å². The van der Waals surface area contributed by atoms with Crippen LogP contribution in [0, 0.1) is 0 Å². The van der Waals surface area contributed by atoms with Gasteiger partial charge in [-0.2, -0.15) is 5.10 Å². The zero-order valence-electron chi connectivity index (χ0n) is 5.17. The molecule has 0 bridgehead atoms. The fourth-order valence-corrected chi connectivity index (χ4v) is 1.22. The maximum atomic E-state index is 5.70. The van der Waals surface area contributed by atoms with Gasteiger partial charge in [0.15, 0.2) is 5.15 Å². The van der Waals surface area contributed by atoms with Crippen molar-refractivity contribution in [2.45, 2.75) is 0 Å². The van der Waals surface area contributed by atoms with Crippen molar-refractivity contribution in [2.24, 2.45) is 0 Å². The van der Waals surface area contributed by atoms with Crippen LogP contribution >= 0.6 is 23.2 Å². The Bertz CT molecular complexity index is 396. The third kappa shape index (κ3) is 1.04. The van der Waals surface area contributed by atoms with Crippen molar-refractivity contribution in [3.8, 4) is 0 Å². The van der Waals surface area contributed by atoms with Gasteiger partial charge in [-0.3, -0.25) is 5.10 Å². The smallest absolute Gasteiger partial charge is 0.224 e. The zero-order valence-corrected chi connectivity index (χ0v) is 6.69. The summed E-state index contributed by atoms with van der Waals surface area (Å²) >= 11 is 11.2. The van der Waals surface area contributed by atoms with Gasteiger partial charge in [-0.15, -0.1) is 0 Å². The zero-order chi connectivity index (χ0) is 7.84. The van der Waals surface area contributed by atoms with E-state index in [4.69, 9.17) is 23.2 Å². The van der Waals surface area contributed by atoms with E-state index in [0.29, 0.717) is 11.0 Å². The Morgan fingerprint density at radius 1 is 1.27 bits per heavy atom. The summed E-state index contributed by atoms with van der Waals surface area (Å²) in [5.41, 5.74) is 1.23. The second-order valence-corrected chi connectivity index (χ2v) is 2.61. The lowest BCUT2D eigenvalue weighted by Crippen LogP contribution is -1.83. The maximum absolute atomic E-state index is 5.70. The van der Waals surface area contributed by atoms with Crippen LogP contribution in [0.2, 0.25) is 10.4 Å². The van der Waals surface area contributed by atoms with Crippen LogP contribution in [-0.4, -0.2) is 20.2 Å². The molecule has 0 saturated heterocycles. The van der Waals surface area contributed by atoms with E-state index in [2.05, 4.69) is 20.2 Å². The molecule has 56 valence electrons. The van der Waals surface area contributed by atoms with Gasteiger partial charge >= 0.3 is 0 Å². The fraction of sp³-hybridized carbons (Fsp3) is 0. The molecule has 0 saturated carbocycles. The average Bonchev–Trinajstić information content (AvgIpc) is 2.34. The molecule has 11 heavy (non-hydrogen) atoms. The number of hydrogen-bond acceptors (Lipinski definition) is 3. The molecule has 0 aliphatic heterocycles. The van der Waals surface area contributed by atoms with Gasteiger partial charge in [-0.25, -0.2) is 9.97 Å². The van der Waals surface area contributed by atoms with Crippen molar-refractivity contribution in [1.29, 1.82) is 0 Å². The molecule has 0 fully saturated rings. The molecule has 0 amide bonds. The molecule has 0 aliphatic carbocycles. The lowest BCUT2D eigenvalue weighted by Gasteiger charge is -1.91. The van der Waals surface area contributed by atoms with Crippen LogP contribution < -0.4 is 0 Å². The summed E-state index contributed by atoms with van der Waals surface area (Å²) in [6.07, 6.45) is 1.54. The highest BCUT2D eigenvalue weighted by Gasteiger charge is 2.04. The van der Waals surface area contributed by atoms with E-state index in [-0.39, 0.29) is 10.4 Å². The van der Waals surface area contributed by atoms with E-state index in [1.54, 1.807) is 0 Å². The minimum absolute atomic E-state index is 0.129. The molecule has 0 spiro atoms. The summed E-state index contributed by atoms with van der Waals surface area (Å²) in [6.45, 7) is 0. The Hall–Kier alpha value is -0.870. The van der Waals surface area contributed by atoms with Gasteiger partial charge in [0.1, 0.15) is 11.0 Å². The molecule has 0 radical (unpaired) electrons. The molecule has 6 heteroatoms. The highest BCUT2D eigenvalue weighted by atomic mass is 35.5. The molecule has 2 rings (SSSR count). The van der Waals surface area contributed by atoms with Crippen molar-refractivity contribution >= 4 is 34.2 Å². The third-order valence-electron chi connectivity index (χ3n) is 1.23. The molecule has 2 heterocycles. The second kappa shape index (κ2) is 2.32. The first-order valence-electron chi connectivity index (χ1n) is 2.79. The Labute approximate surface area is 71.6 Å². The largest absolute Gasteiger partial charge is 0.273 e. The van der Waals surface area contributed by atoms with E-state index in [1.165, 1.54) is 6.20 Å². The molecular formula is C5H2Cl2N4. The van der Waals surface area contributed by atoms with E-state index < -0.39 is 0 Å². The van der Waals surface area contributed by atoms with Crippen LogP contribution in [0.5, 0.6) is 0 Å². The first-order valence-corrected chi connectivity index (χ1v) is 3.55. The normalized spacial score (nSPS) is 10.7.